The third-order valence-electron chi connectivity index (χ3n) is 2.88. The summed E-state index contributed by atoms with van der Waals surface area (Å²) >= 11 is -6.84. The third-order valence-corrected chi connectivity index (χ3v) is 33.4. The first kappa shape index (κ1) is 19.4. The molecule has 0 radical (unpaired) electrons. The van der Waals surface area contributed by atoms with Crippen LogP contribution in [0.1, 0.15) is 12.8 Å². The van der Waals surface area contributed by atoms with E-state index in [1.165, 1.54) is 14.2 Å². The van der Waals surface area contributed by atoms with Crippen molar-refractivity contribution in [3.63, 3.8) is 0 Å². The van der Waals surface area contributed by atoms with Gasteiger partial charge in [-0.3, -0.25) is 0 Å². The van der Waals surface area contributed by atoms with Crippen molar-refractivity contribution in [3.05, 3.63) is 0 Å². The van der Waals surface area contributed by atoms with Crippen LogP contribution < -0.4 is 0 Å². The van der Waals surface area contributed by atoms with E-state index in [0.29, 0.717) is 8.87 Å². The first-order valence-electron chi connectivity index (χ1n) is 5.90. The molecule has 0 fully saturated rings. The Bertz CT molecular complexity index is 295. The molecule has 0 bridgehead atoms. The summed E-state index contributed by atoms with van der Waals surface area (Å²) in [5, 5.41) is 17.5. The quantitative estimate of drug-likeness (QED) is 0.445. The van der Waals surface area contributed by atoms with Crippen molar-refractivity contribution in [1.82, 2.24) is 0 Å². The van der Waals surface area contributed by atoms with Crippen molar-refractivity contribution in [2.75, 3.05) is 14.2 Å². The molecule has 0 heterocycles. The van der Waals surface area contributed by atoms with E-state index in [9.17, 15) is 9.59 Å². The normalized spacial score (nSPS) is 17.5. The van der Waals surface area contributed by atoms with Crippen molar-refractivity contribution < 1.29 is 27.4 Å². The van der Waals surface area contributed by atoms with Crippen LogP contribution in [0.2, 0.25) is 18.8 Å². The van der Waals surface area contributed by atoms with Gasteiger partial charge in [-0.1, -0.05) is 0 Å². The first-order valence-corrected chi connectivity index (χ1v) is 20.3. The maximum atomic E-state index is 10.6. The van der Waals surface area contributed by atoms with Crippen LogP contribution in [0, 0.1) is 0 Å². The standard InChI is InChI=1S/2C3H5O2.2CH3O.2CH3.O.2Sn/c2*1-2-3(4)5;2*1-2;;;;;/h2*1-2H2,(H,4,5);2*1H3;2*1H3;;;/q;;2*-1;;;;2*+1. The number of carboxylic acids is 2. The average Bonchev–Trinajstić information content (AvgIpc) is 2.34. The van der Waals surface area contributed by atoms with Crippen LogP contribution in [0.3, 0.4) is 0 Å². The van der Waals surface area contributed by atoms with Crippen molar-refractivity contribution in [3.8, 4) is 0 Å². The zero-order chi connectivity index (χ0) is 15.1. The molecule has 2 atom stereocenters. The van der Waals surface area contributed by atoms with Gasteiger partial charge < -0.3 is 0 Å². The second-order valence-electron chi connectivity index (χ2n) is 4.57. The van der Waals surface area contributed by atoms with Gasteiger partial charge in [-0.15, -0.1) is 0 Å². The molecule has 0 rings (SSSR count). The number of aliphatic carboxylic acids is 2. The van der Waals surface area contributed by atoms with Gasteiger partial charge in [0.05, 0.1) is 0 Å². The van der Waals surface area contributed by atoms with E-state index in [-0.39, 0.29) is 12.8 Å². The molecular formula is C10H22O7Sn2. The Kier molecular flexibility index (Phi) is 8.84. The van der Waals surface area contributed by atoms with Crippen LogP contribution in [-0.2, 0) is 17.1 Å². The van der Waals surface area contributed by atoms with Crippen LogP contribution in [0.5, 0.6) is 0 Å². The SMILES string of the molecule is C[O][Sn]([CH3])([CH2]CC(=O)O)[O][Sn]([CH3])([CH2]CC(=O)O)[O]C. The van der Waals surface area contributed by atoms with E-state index < -0.39 is 50.3 Å². The number of carbonyl (C=O) groups is 2. The monoisotopic (exact) mass is 494 g/mol. The van der Waals surface area contributed by atoms with Gasteiger partial charge in [0.1, 0.15) is 0 Å². The summed E-state index contributed by atoms with van der Waals surface area (Å²) in [5.74, 6) is -1.77. The fourth-order valence-corrected chi connectivity index (χ4v) is 34.7. The number of carboxylic acid groups (broad SMARTS) is 2. The van der Waals surface area contributed by atoms with E-state index in [4.69, 9.17) is 17.8 Å². The molecule has 0 aromatic carbocycles. The molecule has 7 nitrogen and oxygen atoms in total. The molecule has 0 saturated heterocycles. The molecule has 0 aliphatic rings. The van der Waals surface area contributed by atoms with E-state index in [2.05, 4.69) is 0 Å². The molecule has 0 aliphatic heterocycles. The minimum atomic E-state index is -3.42. The molecule has 0 spiro atoms. The molecule has 0 saturated carbocycles. The van der Waals surface area contributed by atoms with Crippen LogP contribution in [-0.4, -0.2) is 74.8 Å². The number of hydrogen-bond donors (Lipinski definition) is 2. The summed E-state index contributed by atoms with van der Waals surface area (Å²) in [4.78, 5) is 25.0. The Balaban J connectivity index is 4.68. The molecule has 0 amide bonds. The second-order valence-corrected chi connectivity index (χ2v) is 27.2. The van der Waals surface area contributed by atoms with E-state index in [1.54, 1.807) is 0 Å². The Morgan fingerprint density at radius 3 is 1.42 bits per heavy atom. The van der Waals surface area contributed by atoms with Gasteiger partial charge >= 0.3 is 124 Å². The minimum absolute atomic E-state index is 0.00497. The Morgan fingerprint density at radius 2 is 1.21 bits per heavy atom. The van der Waals surface area contributed by atoms with Crippen LogP contribution >= 0.6 is 0 Å². The van der Waals surface area contributed by atoms with Crippen LogP contribution in [0.25, 0.3) is 0 Å². The first-order chi connectivity index (χ1) is 8.66. The number of hydrogen-bond acceptors (Lipinski definition) is 5. The summed E-state index contributed by atoms with van der Waals surface area (Å²) < 4.78 is 17.7. The molecule has 0 aromatic rings. The van der Waals surface area contributed by atoms with Crippen LogP contribution in [0.15, 0.2) is 0 Å². The second kappa shape index (κ2) is 8.65. The summed E-state index contributed by atoms with van der Waals surface area (Å²) in [7, 11) is 3.05. The Hall–Kier alpha value is 0.417. The van der Waals surface area contributed by atoms with Crippen molar-refractivity contribution in [1.29, 1.82) is 0 Å². The number of rotatable bonds is 10. The molecule has 0 aliphatic carbocycles. The maximum absolute atomic E-state index is 10.6. The third kappa shape index (κ3) is 8.33. The van der Waals surface area contributed by atoms with Gasteiger partial charge in [-0.05, 0) is 0 Å². The Morgan fingerprint density at radius 1 is 0.895 bits per heavy atom. The van der Waals surface area contributed by atoms with Gasteiger partial charge in [0, 0.05) is 0 Å². The summed E-state index contributed by atoms with van der Waals surface area (Å²) in [6.45, 7) is 0. The van der Waals surface area contributed by atoms with E-state index >= 15 is 0 Å². The van der Waals surface area contributed by atoms with E-state index in [1.807, 2.05) is 9.88 Å². The predicted octanol–water partition coefficient (Wildman–Crippen LogP) is 1.39. The molecule has 2 N–H and O–H groups in total. The predicted molar refractivity (Wildman–Crippen MR) is 72.5 cm³/mol. The molecule has 2 unspecified atom stereocenters. The van der Waals surface area contributed by atoms with Gasteiger partial charge in [-0.2, -0.15) is 0 Å². The zero-order valence-electron chi connectivity index (χ0n) is 11.8. The van der Waals surface area contributed by atoms with Crippen molar-refractivity contribution in [2.24, 2.45) is 0 Å². The fraction of sp³-hybridized carbons (Fsp3) is 0.800. The van der Waals surface area contributed by atoms with Crippen molar-refractivity contribution >= 4 is 50.3 Å². The molecule has 19 heavy (non-hydrogen) atoms. The Labute approximate surface area is 123 Å². The topological polar surface area (TPSA) is 102 Å². The average molecular weight is 492 g/mol. The zero-order valence-corrected chi connectivity index (χ0v) is 17.5. The molecule has 0 aromatic heterocycles. The molecular weight excluding hydrogens is 470 g/mol. The summed E-state index contributed by atoms with van der Waals surface area (Å²) in [6.07, 6.45) is 0.00995. The molecule has 112 valence electrons. The van der Waals surface area contributed by atoms with Crippen LogP contribution in [0.4, 0.5) is 0 Å². The summed E-state index contributed by atoms with van der Waals surface area (Å²) in [5.41, 5.74) is 0. The van der Waals surface area contributed by atoms with Gasteiger partial charge in [0.2, 0.25) is 0 Å². The van der Waals surface area contributed by atoms with Gasteiger partial charge in [0.25, 0.3) is 0 Å². The van der Waals surface area contributed by atoms with E-state index in [0.717, 1.165) is 0 Å². The fourth-order valence-electron chi connectivity index (χ4n) is 1.51. The van der Waals surface area contributed by atoms with Gasteiger partial charge in [-0.25, -0.2) is 0 Å². The van der Waals surface area contributed by atoms with Crippen molar-refractivity contribution in [2.45, 2.75) is 31.6 Å². The molecule has 9 heteroatoms. The van der Waals surface area contributed by atoms with Gasteiger partial charge in [0.15, 0.2) is 0 Å². The summed E-state index contributed by atoms with van der Waals surface area (Å²) in [6, 6.07) is 0.